The van der Waals surface area contributed by atoms with Crippen molar-refractivity contribution in [2.24, 2.45) is 0 Å². The Labute approximate surface area is 69.7 Å². The number of hydrogen-bond acceptors (Lipinski definition) is 3. The molecule has 1 aromatic rings. The molecule has 64 valence electrons. The highest BCUT2D eigenvalue weighted by Crippen LogP contribution is 2.24. The average Bonchev–Trinajstić information content (AvgIpc) is 2.07. The van der Waals surface area contributed by atoms with Crippen molar-refractivity contribution in [3.8, 4) is 5.75 Å². The highest BCUT2D eigenvalue weighted by Gasteiger charge is 2.10. The molecule has 1 aromatic carbocycles. The summed E-state index contributed by atoms with van der Waals surface area (Å²) in [6.45, 7) is 0.527. The Hall–Kier alpha value is -1.07. The van der Waals surface area contributed by atoms with Crippen LogP contribution in [-0.4, -0.2) is 17.7 Å². The van der Waals surface area contributed by atoms with E-state index < -0.39 is 7.69 Å². The van der Waals surface area contributed by atoms with E-state index in [2.05, 4.69) is 0 Å². The number of halogens is 1. The van der Waals surface area contributed by atoms with Crippen molar-refractivity contribution in [3.05, 3.63) is 29.6 Å². The van der Waals surface area contributed by atoms with Crippen molar-refractivity contribution in [2.75, 3.05) is 0 Å². The zero-order valence-electron chi connectivity index (χ0n) is 6.33. The largest absolute Gasteiger partial charge is 0.486 e. The number of ether oxygens (including phenoxy) is 1. The van der Waals surface area contributed by atoms with Gasteiger partial charge in [-0.25, -0.2) is 4.39 Å². The zero-order chi connectivity index (χ0) is 8.97. The van der Waals surface area contributed by atoms with Gasteiger partial charge in [0.25, 0.3) is 0 Å². The Morgan fingerprint density at radius 3 is 2.25 bits per heavy atom. The van der Waals surface area contributed by atoms with Gasteiger partial charge in [-0.2, -0.15) is 0 Å². The zero-order valence-corrected chi connectivity index (χ0v) is 6.33. The molecule has 0 unspecified atom stereocenters. The average molecular weight is 170 g/mol. The topological polar surface area (TPSA) is 49.7 Å². The molecule has 0 saturated carbocycles. The Kier molecular flexibility index (Phi) is 3.07. The van der Waals surface area contributed by atoms with E-state index in [1.807, 2.05) is 6.07 Å². The predicted octanol–water partition coefficient (Wildman–Crippen LogP) is -0.0444. The molecule has 3 nitrogen and oxygen atoms in total. The molecule has 2 bridgehead atoms. The van der Waals surface area contributed by atoms with Crippen LogP contribution < -0.4 is 4.74 Å². The van der Waals surface area contributed by atoms with Crippen LogP contribution in [0.2, 0.25) is 0 Å². The molecule has 2 aliphatic heterocycles. The van der Waals surface area contributed by atoms with Gasteiger partial charge in [-0.15, -0.1) is 0 Å². The first-order chi connectivity index (χ1) is 5.77. The molecule has 0 aliphatic carbocycles. The summed E-state index contributed by atoms with van der Waals surface area (Å²) in [6.07, 6.45) is 0. The minimum atomic E-state index is -0.750. The number of benzene rings is 1. The lowest BCUT2D eigenvalue weighted by molar-refractivity contribution is 0.274. The molecule has 0 fully saturated rings. The van der Waals surface area contributed by atoms with Gasteiger partial charge in [-0.3, -0.25) is 0 Å². The number of fused-ring (bicyclic) bond motifs is 3. The summed E-state index contributed by atoms with van der Waals surface area (Å²) >= 11 is 0. The summed E-state index contributed by atoms with van der Waals surface area (Å²) in [5.41, 5.74) is 0.905. The van der Waals surface area contributed by atoms with Crippen molar-refractivity contribution in [2.45, 2.75) is 6.61 Å². The molecule has 0 radical (unpaired) electrons. The molecule has 0 atom stereocenters. The van der Waals surface area contributed by atoms with Gasteiger partial charge < -0.3 is 14.8 Å². The predicted molar refractivity (Wildman–Crippen MR) is 42.3 cm³/mol. The second-order valence-electron chi connectivity index (χ2n) is 2.19. The fourth-order valence-electron chi connectivity index (χ4n) is 0.912. The van der Waals surface area contributed by atoms with Crippen LogP contribution in [0.25, 0.3) is 0 Å². The van der Waals surface area contributed by atoms with Gasteiger partial charge in [0.05, 0.1) is 0 Å². The molecular formula is C7H8BFO3. The van der Waals surface area contributed by atoms with E-state index in [1.165, 1.54) is 6.07 Å². The highest BCUT2D eigenvalue weighted by molar-refractivity contribution is 6.13. The van der Waals surface area contributed by atoms with E-state index in [1.54, 1.807) is 6.07 Å². The first kappa shape index (κ1) is 9.03. The molecule has 3 rings (SSSR count). The van der Waals surface area contributed by atoms with E-state index in [0.29, 0.717) is 12.4 Å². The Bertz CT molecular complexity index is 267. The van der Waals surface area contributed by atoms with Crippen molar-refractivity contribution < 1.29 is 19.2 Å². The third-order valence-corrected chi connectivity index (χ3v) is 1.39. The number of rotatable bonds is 0. The third-order valence-electron chi connectivity index (χ3n) is 1.39. The fourth-order valence-corrected chi connectivity index (χ4v) is 0.912. The van der Waals surface area contributed by atoms with Crippen molar-refractivity contribution in [1.29, 1.82) is 0 Å². The quantitative estimate of drug-likeness (QED) is 0.537. The second-order valence-corrected chi connectivity index (χ2v) is 2.19. The SMILES string of the molecule is Fc1cc2ccc1OC2.OBO. The van der Waals surface area contributed by atoms with Crippen molar-refractivity contribution in [3.63, 3.8) is 0 Å². The van der Waals surface area contributed by atoms with E-state index in [-0.39, 0.29) is 5.82 Å². The molecule has 2 N–H and O–H groups in total. The summed E-state index contributed by atoms with van der Waals surface area (Å²) in [7, 11) is -0.750. The van der Waals surface area contributed by atoms with Crippen LogP contribution in [0.15, 0.2) is 18.2 Å². The van der Waals surface area contributed by atoms with E-state index >= 15 is 0 Å². The number of hydrogen-bond donors (Lipinski definition) is 2. The maximum absolute atomic E-state index is 12.5. The summed E-state index contributed by atoms with van der Waals surface area (Å²) in [4.78, 5) is 0. The fraction of sp³-hybridized carbons (Fsp3) is 0.143. The monoisotopic (exact) mass is 170 g/mol. The Morgan fingerprint density at radius 1 is 1.42 bits per heavy atom. The minimum Gasteiger partial charge on any atom is -0.486 e. The molecule has 12 heavy (non-hydrogen) atoms. The van der Waals surface area contributed by atoms with Crippen LogP contribution in [-0.2, 0) is 6.61 Å². The van der Waals surface area contributed by atoms with Crippen LogP contribution in [0, 0.1) is 5.82 Å². The Morgan fingerprint density at radius 2 is 2.08 bits per heavy atom. The second kappa shape index (κ2) is 4.08. The molecule has 0 spiro atoms. The first-order valence-corrected chi connectivity index (χ1v) is 3.41. The molecule has 0 aromatic heterocycles. The van der Waals surface area contributed by atoms with Crippen LogP contribution >= 0.6 is 0 Å². The minimum absolute atomic E-state index is 0.251. The third kappa shape index (κ3) is 1.96. The maximum Gasteiger partial charge on any atom is 0.432 e. The maximum atomic E-state index is 12.5. The molecule has 5 heteroatoms. The normalized spacial score (nSPS) is 11.2. The van der Waals surface area contributed by atoms with E-state index in [4.69, 9.17) is 14.8 Å². The van der Waals surface area contributed by atoms with Gasteiger partial charge in [0.2, 0.25) is 0 Å². The lowest BCUT2D eigenvalue weighted by Gasteiger charge is -2.13. The highest BCUT2D eigenvalue weighted by atomic mass is 19.1. The molecule has 2 aliphatic rings. The first-order valence-electron chi connectivity index (χ1n) is 3.41. The van der Waals surface area contributed by atoms with Crippen molar-refractivity contribution >= 4 is 7.69 Å². The lowest BCUT2D eigenvalue weighted by atomic mass is 10.2. The summed E-state index contributed by atoms with van der Waals surface area (Å²) in [6, 6.07) is 5.01. The van der Waals surface area contributed by atoms with Crippen LogP contribution in [0.4, 0.5) is 4.39 Å². The van der Waals surface area contributed by atoms with Crippen molar-refractivity contribution in [1.82, 2.24) is 0 Å². The van der Waals surface area contributed by atoms with Gasteiger partial charge in [-0.1, -0.05) is 6.07 Å². The van der Waals surface area contributed by atoms with Crippen LogP contribution in [0.3, 0.4) is 0 Å². The molecular weight excluding hydrogens is 162 g/mol. The summed E-state index contributed by atoms with van der Waals surface area (Å²) in [5, 5.41) is 14.2. The van der Waals surface area contributed by atoms with E-state index in [9.17, 15) is 4.39 Å². The standard InChI is InChI=1S/C7H5FO.BH3O2/c8-6-3-5-1-2-7(6)9-4-5;2-1-3/h1-3H,4H2;1-3H. The summed E-state index contributed by atoms with van der Waals surface area (Å²) < 4.78 is 17.4. The van der Waals surface area contributed by atoms with E-state index in [0.717, 1.165) is 5.56 Å². The van der Waals surface area contributed by atoms with Gasteiger partial charge in [0, 0.05) is 0 Å². The van der Waals surface area contributed by atoms with Gasteiger partial charge in [0.1, 0.15) is 6.61 Å². The Balaban J connectivity index is 0.000000213. The van der Waals surface area contributed by atoms with Gasteiger partial charge >= 0.3 is 7.69 Å². The molecule has 0 amide bonds. The van der Waals surface area contributed by atoms with Gasteiger partial charge in [0.15, 0.2) is 11.6 Å². The lowest BCUT2D eigenvalue weighted by Crippen LogP contribution is -2.04. The van der Waals surface area contributed by atoms with Crippen LogP contribution in [0.1, 0.15) is 5.56 Å². The summed E-state index contributed by atoms with van der Waals surface area (Å²) in [5.74, 6) is 0.115. The molecule has 0 saturated heterocycles. The van der Waals surface area contributed by atoms with Gasteiger partial charge in [-0.05, 0) is 17.7 Å². The van der Waals surface area contributed by atoms with Crippen LogP contribution in [0.5, 0.6) is 5.75 Å². The smallest absolute Gasteiger partial charge is 0.432 e. The molecule has 2 heterocycles.